The molecule has 0 spiro atoms. The summed E-state index contributed by atoms with van der Waals surface area (Å²) in [6.07, 6.45) is 2.09. The zero-order valence-corrected chi connectivity index (χ0v) is 16.6. The Hall–Kier alpha value is -3.48. The fourth-order valence-electron chi connectivity index (χ4n) is 3.93. The topological polar surface area (TPSA) is 106 Å². The van der Waals surface area contributed by atoms with Crippen molar-refractivity contribution in [2.24, 2.45) is 5.92 Å². The second-order valence-electron chi connectivity index (χ2n) is 7.72. The van der Waals surface area contributed by atoms with E-state index in [0.717, 1.165) is 29.3 Å². The molecule has 2 aromatic carbocycles. The molecule has 2 heterocycles. The van der Waals surface area contributed by atoms with E-state index in [9.17, 15) is 19.8 Å². The second kappa shape index (κ2) is 8.49. The van der Waals surface area contributed by atoms with Gasteiger partial charge in [-0.05, 0) is 49.1 Å². The molecule has 0 saturated carbocycles. The van der Waals surface area contributed by atoms with Crippen molar-refractivity contribution in [2.75, 3.05) is 19.6 Å². The third-order valence-corrected chi connectivity index (χ3v) is 5.59. The summed E-state index contributed by atoms with van der Waals surface area (Å²) in [5, 5.41) is 22.8. The third kappa shape index (κ3) is 4.25. The van der Waals surface area contributed by atoms with Crippen LogP contribution in [0.2, 0.25) is 0 Å². The van der Waals surface area contributed by atoms with Crippen LogP contribution in [0.5, 0.6) is 11.5 Å². The summed E-state index contributed by atoms with van der Waals surface area (Å²) in [5.41, 5.74) is 2.29. The lowest BCUT2D eigenvalue weighted by atomic mass is 9.96. The third-order valence-electron chi connectivity index (χ3n) is 5.59. The van der Waals surface area contributed by atoms with Crippen molar-refractivity contribution in [3.63, 3.8) is 0 Å². The number of fused-ring (bicyclic) bond motifs is 1. The van der Waals surface area contributed by atoms with Gasteiger partial charge in [0, 0.05) is 30.5 Å². The standard InChI is InChI=1S/C23H25N3O4/c27-20-8-7-15(12-21(20)28)9-10-24-22(29)17-5-3-11-26(14-17)23(30)19-13-16-4-1-2-6-18(16)25-19/h1-2,4,6-8,12-13,17,25,27-28H,3,5,9-11,14H2,(H,24,29)/t17-/m0/s1. The molecule has 30 heavy (non-hydrogen) atoms. The van der Waals surface area contributed by atoms with E-state index in [1.165, 1.54) is 12.1 Å². The summed E-state index contributed by atoms with van der Waals surface area (Å²) < 4.78 is 0. The normalized spacial score (nSPS) is 16.5. The highest BCUT2D eigenvalue weighted by Gasteiger charge is 2.29. The molecular formula is C23H25N3O4. The first-order valence-electron chi connectivity index (χ1n) is 10.2. The van der Waals surface area contributed by atoms with Crippen LogP contribution in [0.4, 0.5) is 0 Å². The maximum Gasteiger partial charge on any atom is 0.270 e. The number of nitrogens with zero attached hydrogens (tertiary/aromatic N) is 1. The van der Waals surface area contributed by atoms with Gasteiger partial charge in [-0.2, -0.15) is 0 Å². The largest absolute Gasteiger partial charge is 0.504 e. The van der Waals surface area contributed by atoms with Crippen LogP contribution in [0.3, 0.4) is 0 Å². The molecule has 1 aliphatic rings. The van der Waals surface area contributed by atoms with Gasteiger partial charge < -0.3 is 25.4 Å². The number of benzene rings is 2. The number of phenolic OH excluding ortho intramolecular Hbond substituents is 2. The van der Waals surface area contributed by atoms with Gasteiger partial charge in [0.25, 0.3) is 5.91 Å². The van der Waals surface area contributed by atoms with E-state index in [1.54, 1.807) is 11.0 Å². The molecule has 1 saturated heterocycles. The summed E-state index contributed by atoms with van der Waals surface area (Å²) in [4.78, 5) is 30.4. The van der Waals surface area contributed by atoms with Gasteiger partial charge in [-0.1, -0.05) is 24.3 Å². The first kappa shape index (κ1) is 19.8. The van der Waals surface area contributed by atoms with E-state index in [2.05, 4.69) is 10.3 Å². The van der Waals surface area contributed by atoms with Crippen LogP contribution in [0.15, 0.2) is 48.5 Å². The molecule has 4 N–H and O–H groups in total. The van der Waals surface area contributed by atoms with Crippen LogP contribution in [0.1, 0.15) is 28.9 Å². The molecule has 7 nitrogen and oxygen atoms in total. The molecule has 0 radical (unpaired) electrons. The number of para-hydroxylation sites is 1. The van der Waals surface area contributed by atoms with E-state index in [-0.39, 0.29) is 29.2 Å². The molecule has 3 aromatic rings. The molecule has 0 bridgehead atoms. The van der Waals surface area contributed by atoms with E-state index in [4.69, 9.17) is 0 Å². The number of H-pyrrole nitrogens is 1. The monoisotopic (exact) mass is 407 g/mol. The van der Waals surface area contributed by atoms with E-state index < -0.39 is 0 Å². The van der Waals surface area contributed by atoms with E-state index in [0.29, 0.717) is 31.7 Å². The Balaban J connectivity index is 1.33. The molecule has 1 aliphatic heterocycles. The van der Waals surface area contributed by atoms with Crippen LogP contribution in [-0.2, 0) is 11.2 Å². The highest BCUT2D eigenvalue weighted by atomic mass is 16.3. The van der Waals surface area contributed by atoms with Crippen molar-refractivity contribution in [3.05, 3.63) is 59.8 Å². The predicted octanol–water partition coefficient (Wildman–Crippen LogP) is 2.79. The maximum absolute atomic E-state index is 12.9. The van der Waals surface area contributed by atoms with Crippen LogP contribution in [0.25, 0.3) is 10.9 Å². The number of hydrogen-bond donors (Lipinski definition) is 4. The SMILES string of the molecule is O=C(NCCc1ccc(O)c(O)c1)[C@H]1CCCN(C(=O)c2cc3ccccc3[nH]2)C1. The van der Waals surface area contributed by atoms with Gasteiger partial charge in [-0.3, -0.25) is 9.59 Å². The second-order valence-corrected chi connectivity index (χ2v) is 7.72. The lowest BCUT2D eigenvalue weighted by Gasteiger charge is -2.31. The molecular weight excluding hydrogens is 382 g/mol. The van der Waals surface area contributed by atoms with Crippen molar-refractivity contribution in [2.45, 2.75) is 19.3 Å². The number of nitrogens with one attached hydrogen (secondary N) is 2. The first-order valence-corrected chi connectivity index (χ1v) is 10.2. The number of carbonyl (C=O) groups excluding carboxylic acids is 2. The number of likely N-dealkylation sites (tertiary alicyclic amines) is 1. The summed E-state index contributed by atoms with van der Waals surface area (Å²) in [7, 11) is 0. The Morgan fingerprint density at radius 3 is 2.73 bits per heavy atom. The van der Waals surface area contributed by atoms with Gasteiger partial charge in [-0.25, -0.2) is 0 Å². The number of aromatic nitrogens is 1. The van der Waals surface area contributed by atoms with Gasteiger partial charge in [0.05, 0.1) is 5.92 Å². The Bertz CT molecular complexity index is 1040. The number of piperidine rings is 1. The van der Waals surface area contributed by atoms with E-state index >= 15 is 0 Å². The lowest BCUT2D eigenvalue weighted by molar-refractivity contribution is -0.126. The van der Waals surface area contributed by atoms with Crippen molar-refractivity contribution in [1.29, 1.82) is 0 Å². The first-order chi connectivity index (χ1) is 14.5. The molecule has 1 aromatic heterocycles. The zero-order chi connectivity index (χ0) is 21.1. The minimum Gasteiger partial charge on any atom is -0.504 e. The van der Waals surface area contributed by atoms with Crippen LogP contribution >= 0.6 is 0 Å². The lowest BCUT2D eigenvalue weighted by Crippen LogP contribution is -2.45. The number of phenols is 2. The Morgan fingerprint density at radius 1 is 1.10 bits per heavy atom. The molecule has 0 unspecified atom stereocenters. The quantitative estimate of drug-likeness (QED) is 0.488. The van der Waals surface area contributed by atoms with Crippen molar-refractivity contribution >= 4 is 22.7 Å². The highest BCUT2D eigenvalue weighted by Crippen LogP contribution is 2.25. The summed E-state index contributed by atoms with van der Waals surface area (Å²) in [6, 6.07) is 14.2. The van der Waals surface area contributed by atoms with Gasteiger partial charge in [0.15, 0.2) is 11.5 Å². The van der Waals surface area contributed by atoms with Gasteiger partial charge in [0.1, 0.15) is 5.69 Å². The van der Waals surface area contributed by atoms with Crippen molar-refractivity contribution in [3.8, 4) is 11.5 Å². The van der Waals surface area contributed by atoms with Crippen LogP contribution in [-0.4, -0.2) is 51.5 Å². The molecule has 7 heteroatoms. The smallest absolute Gasteiger partial charge is 0.270 e. The Labute approximate surface area is 174 Å². The summed E-state index contributed by atoms with van der Waals surface area (Å²) in [6.45, 7) is 1.47. The Kier molecular flexibility index (Phi) is 5.61. The number of amides is 2. The summed E-state index contributed by atoms with van der Waals surface area (Å²) >= 11 is 0. The van der Waals surface area contributed by atoms with Crippen LogP contribution < -0.4 is 5.32 Å². The molecule has 1 fully saturated rings. The predicted molar refractivity (Wildman–Crippen MR) is 113 cm³/mol. The van der Waals surface area contributed by atoms with Gasteiger partial charge in [0.2, 0.25) is 5.91 Å². The molecule has 156 valence electrons. The average molecular weight is 407 g/mol. The highest BCUT2D eigenvalue weighted by molar-refractivity contribution is 5.98. The fraction of sp³-hybridized carbons (Fsp3) is 0.304. The molecule has 1 atom stereocenters. The maximum atomic E-state index is 12.9. The van der Waals surface area contributed by atoms with E-state index in [1.807, 2.05) is 30.3 Å². The average Bonchev–Trinajstić information content (AvgIpc) is 3.20. The fourth-order valence-corrected chi connectivity index (χ4v) is 3.93. The minimum atomic E-state index is -0.236. The number of aromatic amines is 1. The number of rotatable bonds is 5. The zero-order valence-electron chi connectivity index (χ0n) is 16.6. The Morgan fingerprint density at radius 2 is 1.93 bits per heavy atom. The molecule has 0 aliphatic carbocycles. The molecule has 4 rings (SSSR count). The van der Waals surface area contributed by atoms with Crippen molar-refractivity contribution < 1.29 is 19.8 Å². The minimum absolute atomic E-state index is 0.0628. The van der Waals surface area contributed by atoms with Gasteiger partial charge >= 0.3 is 0 Å². The van der Waals surface area contributed by atoms with Crippen LogP contribution in [0, 0.1) is 5.92 Å². The molecule has 2 amide bonds. The summed E-state index contributed by atoms with van der Waals surface area (Å²) in [5.74, 6) is -0.710. The number of aromatic hydroxyl groups is 2. The van der Waals surface area contributed by atoms with Gasteiger partial charge in [-0.15, -0.1) is 0 Å². The number of carbonyl (C=O) groups is 2. The number of hydrogen-bond acceptors (Lipinski definition) is 4. The van der Waals surface area contributed by atoms with Crippen molar-refractivity contribution in [1.82, 2.24) is 15.2 Å².